The van der Waals surface area contributed by atoms with Gasteiger partial charge in [0.1, 0.15) is 0 Å². The van der Waals surface area contributed by atoms with Crippen molar-refractivity contribution in [2.24, 2.45) is 0 Å². The highest BCUT2D eigenvalue weighted by atomic mass is 14.4. The van der Waals surface area contributed by atoms with Crippen molar-refractivity contribution < 1.29 is 0 Å². The van der Waals surface area contributed by atoms with Crippen LogP contribution in [-0.2, 0) is 0 Å². The summed E-state index contributed by atoms with van der Waals surface area (Å²) in [6, 6.07) is 17.2. The van der Waals surface area contributed by atoms with Gasteiger partial charge in [-0.05, 0) is 80.1 Å². The second-order valence-electron chi connectivity index (χ2n) is 8.44. The lowest BCUT2D eigenvalue weighted by Crippen LogP contribution is -2.11. The molecule has 1 unspecified atom stereocenters. The maximum atomic E-state index is 9.30. The summed E-state index contributed by atoms with van der Waals surface area (Å²) in [5, 5.41) is 11.6. The molecule has 146 valence electrons. The monoisotopic (exact) mass is 379 g/mol. The molecule has 1 nitrogen and oxygen atoms in total. The van der Waals surface area contributed by atoms with Gasteiger partial charge in [-0.15, -0.1) is 0 Å². The van der Waals surface area contributed by atoms with Gasteiger partial charge in [-0.25, -0.2) is 0 Å². The highest BCUT2D eigenvalue weighted by molar-refractivity contribution is 6.19. The molecule has 0 heterocycles. The molecule has 0 radical (unpaired) electrons. The number of nitrogens with one attached hydrogen (secondary N) is 1. The first kappa shape index (κ1) is 19.4. The van der Waals surface area contributed by atoms with Crippen LogP contribution in [0.15, 0.2) is 71.3 Å². The number of hydrogen-bond donors (Lipinski definition) is 1. The number of aryl methyl sites for hydroxylation is 1. The van der Waals surface area contributed by atoms with Crippen LogP contribution >= 0.6 is 0 Å². The first-order chi connectivity index (χ1) is 13.8. The van der Waals surface area contributed by atoms with Crippen LogP contribution in [0, 0.1) is 26.2 Å². The molecule has 1 heteroatoms. The van der Waals surface area contributed by atoms with Gasteiger partial charge in [-0.1, -0.05) is 65.8 Å². The third-order valence-electron chi connectivity index (χ3n) is 6.94. The smallest absolute Gasteiger partial charge is 0.0696 e. The maximum absolute atomic E-state index is 9.30. The standard InChI is InChI=1S/C28H29N/c1-16-11-13-23(20(5)18(16)3)28(29)27-24-10-8-7-9-22(24)12-14-25(27)26-15-17(2)19(4)21(26)6/h7-15,26,29H,1-6H3. The van der Waals surface area contributed by atoms with Crippen LogP contribution in [-0.4, -0.2) is 5.71 Å². The van der Waals surface area contributed by atoms with E-state index in [1.165, 1.54) is 44.4 Å². The van der Waals surface area contributed by atoms with Crippen LogP contribution in [0.25, 0.3) is 10.8 Å². The first-order valence-corrected chi connectivity index (χ1v) is 10.3. The zero-order chi connectivity index (χ0) is 20.9. The van der Waals surface area contributed by atoms with Gasteiger partial charge in [0.05, 0.1) is 5.71 Å². The number of allylic oxidation sites excluding steroid dienone is 4. The Kier molecular flexibility index (Phi) is 4.78. The molecule has 0 aliphatic heterocycles. The van der Waals surface area contributed by atoms with E-state index in [0.29, 0.717) is 5.71 Å². The van der Waals surface area contributed by atoms with Gasteiger partial charge < -0.3 is 0 Å². The third kappa shape index (κ3) is 3.06. The lowest BCUT2D eigenvalue weighted by molar-refractivity contribution is 1.00. The van der Waals surface area contributed by atoms with Crippen LogP contribution in [0.1, 0.15) is 60.1 Å². The Morgan fingerprint density at radius 2 is 1.52 bits per heavy atom. The van der Waals surface area contributed by atoms with Gasteiger partial charge in [0.2, 0.25) is 0 Å². The van der Waals surface area contributed by atoms with Crippen LogP contribution in [0.3, 0.4) is 0 Å². The quantitative estimate of drug-likeness (QED) is 0.454. The minimum absolute atomic E-state index is 0.238. The fraction of sp³-hybridized carbons (Fsp3) is 0.250. The second kappa shape index (κ2) is 7.15. The largest absolute Gasteiger partial charge is 0.300 e. The summed E-state index contributed by atoms with van der Waals surface area (Å²) in [5.74, 6) is 0.238. The zero-order valence-corrected chi connectivity index (χ0v) is 18.3. The van der Waals surface area contributed by atoms with Crippen molar-refractivity contribution >= 4 is 16.5 Å². The Morgan fingerprint density at radius 1 is 0.793 bits per heavy atom. The van der Waals surface area contributed by atoms with E-state index in [2.05, 4.69) is 96.1 Å². The Labute approximate surface area is 174 Å². The van der Waals surface area contributed by atoms with Crippen molar-refractivity contribution in [3.63, 3.8) is 0 Å². The molecule has 0 saturated heterocycles. The van der Waals surface area contributed by atoms with Crippen LogP contribution in [0.5, 0.6) is 0 Å². The van der Waals surface area contributed by atoms with E-state index in [1.54, 1.807) is 0 Å². The summed E-state index contributed by atoms with van der Waals surface area (Å²) in [6.07, 6.45) is 2.36. The number of rotatable bonds is 3. The van der Waals surface area contributed by atoms with Crippen molar-refractivity contribution in [2.75, 3.05) is 0 Å². The predicted molar refractivity (Wildman–Crippen MR) is 125 cm³/mol. The topological polar surface area (TPSA) is 23.9 Å². The average Bonchev–Trinajstić information content (AvgIpc) is 2.98. The molecule has 1 atom stereocenters. The fourth-order valence-corrected chi connectivity index (χ4v) is 4.56. The first-order valence-electron chi connectivity index (χ1n) is 10.3. The van der Waals surface area contributed by atoms with E-state index in [0.717, 1.165) is 16.5 Å². The zero-order valence-electron chi connectivity index (χ0n) is 18.3. The summed E-state index contributed by atoms with van der Waals surface area (Å²) in [6.45, 7) is 13.1. The van der Waals surface area contributed by atoms with Crippen LogP contribution in [0.2, 0.25) is 0 Å². The van der Waals surface area contributed by atoms with Crippen molar-refractivity contribution in [3.05, 3.63) is 105 Å². The van der Waals surface area contributed by atoms with Gasteiger partial charge in [0.15, 0.2) is 0 Å². The van der Waals surface area contributed by atoms with E-state index in [4.69, 9.17) is 0 Å². The molecule has 3 aromatic rings. The number of fused-ring (bicyclic) bond motifs is 1. The van der Waals surface area contributed by atoms with E-state index in [-0.39, 0.29) is 5.92 Å². The summed E-state index contributed by atoms with van der Waals surface area (Å²) < 4.78 is 0. The summed E-state index contributed by atoms with van der Waals surface area (Å²) in [5.41, 5.74) is 11.8. The SMILES string of the molecule is CC1=CC(c2ccc3ccccc3c2C(=N)c2ccc(C)c(C)c2C)C(C)=C1C. The van der Waals surface area contributed by atoms with Crippen molar-refractivity contribution in [3.8, 4) is 0 Å². The summed E-state index contributed by atoms with van der Waals surface area (Å²) in [4.78, 5) is 0. The molecular formula is C28H29N. The molecule has 29 heavy (non-hydrogen) atoms. The van der Waals surface area contributed by atoms with Crippen molar-refractivity contribution in [1.82, 2.24) is 0 Å². The molecule has 0 fully saturated rings. The highest BCUT2D eigenvalue weighted by Gasteiger charge is 2.26. The molecule has 0 amide bonds. The van der Waals surface area contributed by atoms with Crippen LogP contribution in [0.4, 0.5) is 0 Å². The minimum Gasteiger partial charge on any atom is -0.300 e. The van der Waals surface area contributed by atoms with E-state index in [1.807, 2.05) is 0 Å². The van der Waals surface area contributed by atoms with Gasteiger partial charge in [-0.3, -0.25) is 5.41 Å². The average molecular weight is 380 g/mol. The maximum Gasteiger partial charge on any atom is 0.0696 e. The summed E-state index contributed by atoms with van der Waals surface area (Å²) >= 11 is 0. The molecule has 1 aliphatic rings. The molecule has 3 aromatic carbocycles. The fourth-order valence-electron chi connectivity index (χ4n) is 4.56. The van der Waals surface area contributed by atoms with Crippen molar-refractivity contribution in [1.29, 1.82) is 5.41 Å². The van der Waals surface area contributed by atoms with Gasteiger partial charge in [-0.2, -0.15) is 0 Å². The molecular weight excluding hydrogens is 350 g/mol. The highest BCUT2D eigenvalue weighted by Crippen LogP contribution is 2.41. The van der Waals surface area contributed by atoms with Gasteiger partial charge >= 0.3 is 0 Å². The van der Waals surface area contributed by atoms with Gasteiger partial charge in [0, 0.05) is 17.0 Å². The Bertz CT molecular complexity index is 1220. The molecule has 0 aromatic heterocycles. The van der Waals surface area contributed by atoms with E-state index in [9.17, 15) is 5.41 Å². The Hall–Kier alpha value is -2.93. The lowest BCUT2D eigenvalue weighted by atomic mass is 9.82. The molecule has 0 bridgehead atoms. The molecule has 1 N–H and O–H groups in total. The molecule has 4 rings (SSSR count). The van der Waals surface area contributed by atoms with Gasteiger partial charge in [0.25, 0.3) is 0 Å². The predicted octanol–water partition coefficient (Wildman–Crippen LogP) is 7.56. The normalized spacial score (nSPS) is 16.5. The second-order valence-corrected chi connectivity index (χ2v) is 8.44. The Morgan fingerprint density at radius 3 is 2.21 bits per heavy atom. The third-order valence-corrected chi connectivity index (χ3v) is 6.94. The molecule has 0 spiro atoms. The van der Waals surface area contributed by atoms with Crippen molar-refractivity contribution in [2.45, 2.75) is 47.5 Å². The Balaban J connectivity index is 2.01. The van der Waals surface area contributed by atoms with E-state index >= 15 is 0 Å². The molecule has 0 saturated carbocycles. The van der Waals surface area contributed by atoms with Crippen LogP contribution < -0.4 is 0 Å². The lowest BCUT2D eigenvalue weighted by Gasteiger charge is -2.21. The number of benzene rings is 3. The minimum atomic E-state index is 0.238. The number of hydrogen-bond acceptors (Lipinski definition) is 1. The van der Waals surface area contributed by atoms with E-state index < -0.39 is 0 Å². The molecule has 1 aliphatic carbocycles. The summed E-state index contributed by atoms with van der Waals surface area (Å²) in [7, 11) is 0.